The Morgan fingerprint density at radius 1 is 0.576 bits per heavy atom. The van der Waals surface area contributed by atoms with E-state index in [1.807, 2.05) is 6.55 Å². The molecule has 0 aromatic carbocycles. The van der Waals surface area contributed by atoms with Crippen molar-refractivity contribution in [3.8, 4) is 0 Å². The number of rotatable bonds is 25. The minimum atomic E-state index is -2.65. The number of hydrogen-bond donors (Lipinski definition) is 1. The molecule has 0 bridgehead atoms. The van der Waals surface area contributed by atoms with Crippen LogP contribution in [0.3, 0.4) is 0 Å². The van der Waals surface area contributed by atoms with Crippen molar-refractivity contribution < 1.29 is 13.0 Å². The van der Waals surface area contributed by atoms with Crippen LogP contribution in [0.1, 0.15) is 136 Å². The van der Waals surface area contributed by atoms with E-state index in [2.05, 4.69) is 33.9 Å². The van der Waals surface area contributed by atoms with Gasteiger partial charge in [0.1, 0.15) is 0 Å². The van der Waals surface area contributed by atoms with Crippen LogP contribution < -0.4 is 0 Å². The van der Waals surface area contributed by atoms with Gasteiger partial charge in [-0.05, 0) is 37.8 Å². The summed E-state index contributed by atoms with van der Waals surface area (Å²) in [4.78, 5) is 11.2. The predicted octanol–water partition coefficient (Wildman–Crippen LogP) is 9.59. The van der Waals surface area contributed by atoms with Gasteiger partial charge >= 0.3 is 17.1 Å². The molecule has 0 amide bonds. The molecule has 0 aliphatic rings. The van der Waals surface area contributed by atoms with Gasteiger partial charge < -0.3 is 13.0 Å². The summed E-state index contributed by atoms with van der Waals surface area (Å²) in [5.74, 6) is 0. The molecule has 3 nitrogen and oxygen atoms in total. The molecule has 0 aromatic heterocycles. The Bertz CT molecular complexity index is 423. The number of hydrogen-bond acceptors (Lipinski definition) is 3. The highest BCUT2D eigenvalue weighted by Crippen LogP contribution is 2.27. The third kappa shape index (κ3) is 21.5. The highest BCUT2D eigenvalue weighted by Gasteiger charge is 2.41. The molecule has 3 unspecified atom stereocenters. The number of unbranched alkanes of at least 4 members (excludes halogenated alkanes) is 15. The zero-order chi connectivity index (χ0) is 24.8. The van der Waals surface area contributed by atoms with Gasteiger partial charge in [0, 0.05) is 0 Å². The summed E-state index contributed by atoms with van der Waals surface area (Å²) in [5, 5.41) is 0. The summed E-state index contributed by atoms with van der Waals surface area (Å²) in [6.45, 7) is 13.5. The molecule has 0 saturated carbocycles. The molecule has 3 atom stereocenters. The molecular formula is C27H62O3Si3. The highest BCUT2D eigenvalue weighted by molar-refractivity contribution is 6.82. The zero-order valence-corrected chi connectivity index (χ0v) is 26.8. The lowest BCUT2D eigenvalue weighted by atomic mass is 10.1. The summed E-state index contributed by atoms with van der Waals surface area (Å²) in [6, 6.07) is 3.19. The quantitative estimate of drug-likeness (QED) is 0.0965. The molecule has 0 spiro atoms. The Morgan fingerprint density at radius 3 is 1.45 bits per heavy atom. The summed E-state index contributed by atoms with van der Waals surface area (Å²) in [7, 11) is -6.20. The van der Waals surface area contributed by atoms with E-state index in [-0.39, 0.29) is 0 Å². The molecule has 0 heterocycles. The van der Waals surface area contributed by atoms with E-state index in [1.165, 1.54) is 115 Å². The summed E-state index contributed by atoms with van der Waals surface area (Å²) in [5.41, 5.74) is 0. The second-order valence-corrected chi connectivity index (χ2v) is 20.5. The van der Waals surface area contributed by atoms with E-state index in [4.69, 9.17) is 8.23 Å². The van der Waals surface area contributed by atoms with Crippen molar-refractivity contribution in [2.45, 2.75) is 174 Å². The zero-order valence-electron chi connectivity index (χ0n) is 23.7. The Kier molecular flexibility index (Phi) is 22.1. The van der Waals surface area contributed by atoms with Crippen molar-refractivity contribution in [2.75, 3.05) is 0 Å². The van der Waals surface area contributed by atoms with E-state index in [1.54, 1.807) is 0 Å². The second-order valence-electron chi connectivity index (χ2n) is 10.9. The van der Waals surface area contributed by atoms with Gasteiger partial charge in [-0.1, -0.05) is 136 Å². The molecule has 0 radical (unpaired) electrons. The van der Waals surface area contributed by atoms with Crippen LogP contribution in [0.5, 0.6) is 0 Å². The summed E-state index contributed by atoms with van der Waals surface area (Å²) in [6.07, 6.45) is 23.5. The van der Waals surface area contributed by atoms with Gasteiger partial charge in [-0.15, -0.1) is 0 Å². The van der Waals surface area contributed by atoms with Gasteiger partial charge in [0.25, 0.3) is 0 Å². The van der Waals surface area contributed by atoms with Crippen LogP contribution >= 0.6 is 0 Å². The molecule has 0 aromatic rings. The Hall–Kier alpha value is 0.531. The summed E-state index contributed by atoms with van der Waals surface area (Å²) >= 11 is 0. The second kappa shape index (κ2) is 21.8. The molecule has 0 aliphatic heterocycles. The minimum Gasteiger partial charge on any atom is -0.439 e. The first-order valence-electron chi connectivity index (χ1n) is 14.9. The van der Waals surface area contributed by atoms with Crippen molar-refractivity contribution in [1.29, 1.82) is 0 Å². The van der Waals surface area contributed by atoms with E-state index in [0.717, 1.165) is 18.5 Å². The van der Waals surface area contributed by atoms with Crippen molar-refractivity contribution >= 4 is 26.2 Å². The van der Waals surface area contributed by atoms with Crippen LogP contribution in [0.4, 0.5) is 0 Å². The molecule has 6 heteroatoms. The van der Waals surface area contributed by atoms with Crippen LogP contribution in [-0.4, -0.2) is 31.0 Å². The summed E-state index contributed by atoms with van der Waals surface area (Å²) < 4.78 is 13.5. The van der Waals surface area contributed by atoms with E-state index < -0.39 is 26.2 Å². The molecule has 200 valence electrons. The van der Waals surface area contributed by atoms with Crippen molar-refractivity contribution in [2.24, 2.45) is 0 Å². The standard InChI is InChI=1S/C27H62O3Si3/c1-7-10-13-16-19-22-25-31(4)29-33(6,27-24-21-18-15-12-9-3)30-32(5,28)26-23-20-17-14-11-8-2/h28,31H,7-27H2,1-6H3. The first-order valence-corrected chi connectivity index (χ1v) is 22.4. The molecule has 0 rings (SSSR count). The van der Waals surface area contributed by atoms with Gasteiger partial charge in [-0.25, -0.2) is 0 Å². The van der Waals surface area contributed by atoms with Crippen molar-refractivity contribution in [1.82, 2.24) is 0 Å². The molecule has 0 saturated heterocycles. The fourth-order valence-corrected chi connectivity index (χ4v) is 17.0. The van der Waals surface area contributed by atoms with Gasteiger partial charge in [0.2, 0.25) is 0 Å². The van der Waals surface area contributed by atoms with Gasteiger partial charge in [-0.3, -0.25) is 0 Å². The lowest BCUT2D eigenvalue weighted by Gasteiger charge is -2.36. The van der Waals surface area contributed by atoms with Crippen LogP contribution in [0.25, 0.3) is 0 Å². The van der Waals surface area contributed by atoms with E-state index in [0.29, 0.717) is 0 Å². The van der Waals surface area contributed by atoms with Gasteiger partial charge in [0.15, 0.2) is 9.04 Å². The maximum atomic E-state index is 11.2. The van der Waals surface area contributed by atoms with Crippen molar-refractivity contribution in [3.63, 3.8) is 0 Å². The molecule has 1 N–H and O–H groups in total. The molecular weight excluding hydrogens is 457 g/mol. The average Bonchev–Trinajstić information content (AvgIpc) is 2.75. The molecule has 0 fully saturated rings. The lowest BCUT2D eigenvalue weighted by Crippen LogP contribution is -2.52. The highest BCUT2D eigenvalue weighted by atomic mass is 28.5. The fraction of sp³-hybridized carbons (Fsp3) is 1.00. The van der Waals surface area contributed by atoms with Crippen molar-refractivity contribution in [3.05, 3.63) is 0 Å². The Morgan fingerprint density at radius 2 is 0.970 bits per heavy atom. The smallest absolute Gasteiger partial charge is 0.323 e. The minimum absolute atomic E-state index is 0.870. The van der Waals surface area contributed by atoms with E-state index in [9.17, 15) is 4.80 Å². The van der Waals surface area contributed by atoms with Gasteiger partial charge in [0.05, 0.1) is 0 Å². The van der Waals surface area contributed by atoms with Crippen LogP contribution in [0.15, 0.2) is 0 Å². The largest absolute Gasteiger partial charge is 0.439 e. The third-order valence-electron chi connectivity index (χ3n) is 6.83. The fourth-order valence-electron chi connectivity index (χ4n) is 4.81. The Labute approximate surface area is 213 Å². The maximum absolute atomic E-state index is 11.2. The normalized spacial score (nSPS) is 16.5. The molecule has 33 heavy (non-hydrogen) atoms. The monoisotopic (exact) mass is 518 g/mol. The van der Waals surface area contributed by atoms with Crippen LogP contribution in [0.2, 0.25) is 37.8 Å². The topological polar surface area (TPSA) is 38.7 Å². The SMILES string of the molecule is CCCCCCCC[SiH](C)O[Si](C)(CCCCCCCC)O[Si](C)(O)CCCCCCCC. The first kappa shape index (κ1) is 33.5. The Balaban J connectivity index is 4.61. The lowest BCUT2D eigenvalue weighted by molar-refractivity contribution is 0.311. The average molecular weight is 519 g/mol. The van der Waals surface area contributed by atoms with E-state index >= 15 is 0 Å². The third-order valence-corrected chi connectivity index (χ3v) is 17.7. The van der Waals surface area contributed by atoms with Crippen LogP contribution in [-0.2, 0) is 8.23 Å². The van der Waals surface area contributed by atoms with Crippen LogP contribution in [0, 0.1) is 0 Å². The first-order chi connectivity index (χ1) is 15.8. The molecule has 0 aliphatic carbocycles. The maximum Gasteiger partial charge on any atom is 0.323 e. The predicted molar refractivity (Wildman–Crippen MR) is 155 cm³/mol. The van der Waals surface area contributed by atoms with Gasteiger partial charge in [-0.2, -0.15) is 0 Å².